The Labute approximate surface area is 166 Å². The second kappa shape index (κ2) is 10.0. The number of hydrogen-bond acceptors (Lipinski definition) is 6. The third-order valence-electron chi connectivity index (χ3n) is 3.23. The average Bonchev–Trinajstić information content (AvgIpc) is 2.47. The molecule has 0 heterocycles. The molecule has 7 heteroatoms. The quantitative estimate of drug-likeness (QED) is 0.318. The molecule has 6 nitrogen and oxygen atoms in total. The number of Topliss-reactive ketones (excluding diaryl/α,β-unsaturated/α-hetero) is 1. The molecule has 0 aliphatic rings. The summed E-state index contributed by atoms with van der Waals surface area (Å²) in [5.74, 6) is -2.96. The minimum absolute atomic E-state index is 0. The number of hydrogen-bond donors (Lipinski definition) is 1. The van der Waals surface area contributed by atoms with Gasteiger partial charge >= 0.3 is 11.9 Å². The van der Waals surface area contributed by atoms with Crippen molar-refractivity contribution in [2.75, 3.05) is 13.2 Å². The fourth-order valence-corrected chi connectivity index (χ4v) is 2.10. The van der Waals surface area contributed by atoms with Crippen LogP contribution in [0.1, 0.15) is 41.8 Å². The number of rotatable bonds is 7. The predicted molar refractivity (Wildman–Crippen MR) is 81.9 cm³/mol. The molecule has 1 rings (SSSR count). The first-order valence-corrected chi connectivity index (χ1v) is 7.35. The molecule has 0 aliphatic carbocycles. The Hall–Kier alpha value is -1.11. The summed E-state index contributed by atoms with van der Waals surface area (Å²) in [6.07, 6.45) is -0.748. The van der Waals surface area contributed by atoms with E-state index in [-0.39, 0.29) is 51.5 Å². The Morgan fingerprint density at radius 3 is 2.00 bits per heavy atom. The van der Waals surface area contributed by atoms with Gasteiger partial charge in [0.05, 0.1) is 13.2 Å². The molecule has 1 aromatic carbocycles. The Morgan fingerprint density at radius 1 is 1.08 bits per heavy atom. The number of ketones is 1. The Bertz CT molecular complexity index is 593. The van der Waals surface area contributed by atoms with Crippen LogP contribution in [0, 0.1) is 19.9 Å². The van der Waals surface area contributed by atoms with Gasteiger partial charge in [-0.15, -0.1) is 0 Å². The van der Waals surface area contributed by atoms with Gasteiger partial charge in [0.15, 0.2) is 0 Å². The minimum Gasteiger partial charge on any atom is -0.463 e. The predicted octanol–water partition coefficient (Wildman–Crippen LogP) is 1.53. The summed E-state index contributed by atoms with van der Waals surface area (Å²) in [6, 6.07) is 6.24. The first-order chi connectivity index (χ1) is 10.8. The number of aryl methyl sites for hydroxylation is 2. The molecule has 0 saturated heterocycles. The number of aliphatic hydroxyl groups is 1. The van der Waals surface area contributed by atoms with Crippen molar-refractivity contribution >= 4 is 17.7 Å². The molecule has 0 unspecified atom stereocenters. The van der Waals surface area contributed by atoms with E-state index in [4.69, 9.17) is 9.47 Å². The summed E-state index contributed by atoms with van der Waals surface area (Å²) >= 11 is 0. The van der Waals surface area contributed by atoms with Gasteiger partial charge in [0.1, 0.15) is 5.78 Å². The largest absolute Gasteiger partial charge is 0.463 e. The van der Waals surface area contributed by atoms with Crippen molar-refractivity contribution < 1.29 is 61.7 Å². The van der Waals surface area contributed by atoms with Gasteiger partial charge in [0, 0.05) is 39.1 Å². The third-order valence-corrected chi connectivity index (χ3v) is 3.23. The van der Waals surface area contributed by atoms with Crippen molar-refractivity contribution in [2.45, 2.75) is 39.7 Å². The van der Waals surface area contributed by atoms with E-state index < -0.39 is 29.7 Å². The SMILES string of the molecule is CCOC(=O)C(O)(CC(=O)c1ccc(C)[c-]c1C)C(=O)OCC.[Y]. The number of carbonyl (C=O) groups is 3. The first kappa shape index (κ1) is 22.9. The summed E-state index contributed by atoms with van der Waals surface area (Å²) in [6.45, 7) is 6.51. The number of esters is 2. The van der Waals surface area contributed by atoms with Gasteiger partial charge in [0.2, 0.25) is 0 Å². The second-order valence-corrected chi connectivity index (χ2v) is 5.08. The summed E-state index contributed by atoms with van der Waals surface area (Å²) < 4.78 is 9.42. The van der Waals surface area contributed by atoms with E-state index in [1.165, 1.54) is 13.8 Å². The zero-order valence-corrected chi connectivity index (χ0v) is 17.2. The number of benzene rings is 1. The van der Waals surface area contributed by atoms with E-state index >= 15 is 0 Å². The molecular weight excluding hydrogens is 389 g/mol. The van der Waals surface area contributed by atoms with Gasteiger partial charge in [-0.25, -0.2) is 9.59 Å². The summed E-state index contributed by atoms with van der Waals surface area (Å²) in [5, 5.41) is 10.4. The van der Waals surface area contributed by atoms with E-state index in [1.54, 1.807) is 19.1 Å². The topological polar surface area (TPSA) is 89.9 Å². The normalized spacial score (nSPS) is 10.5. The van der Waals surface area contributed by atoms with Crippen LogP contribution in [0.5, 0.6) is 0 Å². The van der Waals surface area contributed by atoms with E-state index in [0.29, 0.717) is 5.56 Å². The molecule has 1 aromatic rings. The average molecular weight is 410 g/mol. The molecule has 1 N–H and O–H groups in total. The van der Waals surface area contributed by atoms with E-state index in [9.17, 15) is 19.5 Å². The van der Waals surface area contributed by atoms with Crippen LogP contribution < -0.4 is 0 Å². The summed E-state index contributed by atoms with van der Waals surface area (Å²) in [7, 11) is 0. The molecule has 0 fully saturated rings. The Morgan fingerprint density at radius 2 is 1.58 bits per heavy atom. The van der Waals surface area contributed by atoms with Crippen molar-refractivity contribution in [1.82, 2.24) is 0 Å². The van der Waals surface area contributed by atoms with Crippen molar-refractivity contribution in [2.24, 2.45) is 0 Å². The monoisotopic (exact) mass is 410 g/mol. The van der Waals surface area contributed by atoms with Crippen LogP contribution >= 0.6 is 0 Å². The molecule has 129 valence electrons. The fraction of sp³-hybridized carbons (Fsp3) is 0.471. The van der Waals surface area contributed by atoms with Crippen LogP contribution in [0.3, 0.4) is 0 Å². The van der Waals surface area contributed by atoms with Crippen molar-refractivity contribution in [1.29, 1.82) is 0 Å². The standard InChI is InChI=1S/C17H21O6.Y/c1-5-22-15(19)17(21,16(20)23-6-2)10-14(18)13-8-7-11(3)9-12(13)4;/h7-8,21H,5-6,10H2,1-4H3;/q-1;. The fourth-order valence-electron chi connectivity index (χ4n) is 2.10. The Kier molecular flexibility index (Phi) is 9.55. The van der Waals surface area contributed by atoms with Gasteiger partial charge < -0.3 is 19.4 Å². The number of carbonyl (C=O) groups excluding carboxylic acids is 3. The number of ether oxygens (including phenoxy) is 2. The zero-order valence-electron chi connectivity index (χ0n) is 14.3. The van der Waals surface area contributed by atoms with Gasteiger partial charge in [-0.1, -0.05) is 19.4 Å². The van der Waals surface area contributed by atoms with E-state index in [0.717, 1.165) is 5.56 Å². The summed E-state index contributed by atoms with van der Waals surface area (Å²) in [5.41, 5.74) is -0.946. The molecule has 1 radical (unpaired) electrons. The van der Waals surface area contributed by atoms with E-state index in [1.807, 2.05) is 6.92 Å². The first-order valence-electron chi connectivity index (χ1n) is 7.35. The van der Waals surface area contributed by atoms with Crippen LogP contribution in [0.15, 0.2) is 12.1 Å². The van der Waals surface area contributed by atoms with Crippen LogP contribution in [-0.2, 0) is 51.8 Å². The van der Waals surface area contributed by atoms with E-state index in [2.05, 4.69) is 6.07 Å². The van der Waals surface area contributed by atoms with Crippen molar-refractivity contribution in [3.05, 3.63) is 34.9 Å². The van der Waals surface area contributed by atoms with Gasteiger partial charge in [0.25, 0.3) is 5.60 Å². The van der Waals surface area contributed by atoms with Crippen LogP contribution in [0.25, 0.3) is 0 Å². The van der Waals surface area contributed by atoms with Gasteiger partial charge in [-0.05, 0) is 13.8 Å². The third kappa shape index (κ3) is 5.47. The molecule has 0 aromatic heterocycles. The molecule has 0 atom stereocenters. The zero-order chi connectivity index (χ0) is 17.6. The second-order valence-electron chi connectivity index (χ2n) is 5.08. The molecular formula is C17H21O6Y-. The van der Waals surface area contributed by atoms with Crippen molar-refractivity contribution in [3.8, 4) is 0 Å². The molecule has 24 heavy (non-hydrogen) atoms. The maximum atomic E-state index is 12.4. The minimum atomic E-state index is -2.65. The van der Waals surface area contributed by atoms with Crippen LogP contribution in [-0.4, -0.2) is 41.6 Å². The molecule has 0 spiro atoms. The van der Waals surface area contributed by atoms with Crippen LogP contribution in [0.4, 0.5) is 0 Å². The maximum absolute atomic E-state index is 12.4. The Balaban J connectivity index is 0.00000529. The molecule has 0 bridgehead atoms. The van der Waals surface area contributed by atoms with Crippen molar-refractivity contribution in [3.63, 3.8) is 0 Å². The maximum Gasteiger partial charge on any atom is 0.350 e. The summed E-state index contributed by atoms with van der Waals surface area (Å²) in [4.78, 5) is 36.3. The van der Waals surface area contributed by atoms with Gasteiger partial charge in [-0.2, -0.15) is 29.3 Å². The molecule has 0 aliphatic heterocycles. The molecule has 0 saturated carbocycles. The smallest absolute Gasteiger partial charge is 0.350 e. The van der Waals surface area contributed by atoms with Gasteiger partial charge in [-0.3, -0.25) is 0 Å². The van der Waals surface area contributed by atoms with Crippen LogP contribution in [0.2, 0.25) is 0 Å². The molecule has 0 amide bonds.